The normalized spacial score (nSPS) is 22.7. The number of hydrogen-bond acceptors (Lipinski definition) is 3. The number of nitrogens with zero attached hydrogens (tertiary/aromatic N) is 1. The number of hydrogen-bond donors (Lipinski definition) is 1. The SMILES string of the molecule is Cc1cc(C(C)N2CCCNC(C)(C)C2)c(C)s1. The van der Waals surface area contributed by atoms with Crippen molar-refractivity contribution in [3.8, 4) is 0 Å². The van der Waals surface area contributed by atoms with E-state index in [1.165, 1.54) is 28.3 Å². The molecule has 1 atom stereocenters. The average molecular weight is 266 g/mol. The zero-order valence-corrected chi connectivity index (χ0v) is 13.2. The highest BCUT2D eigenvalue weighted by molar-refractivity contribution is 7.12. The summed E-state index contributed by atoms with van der Waals surface area (Å²) in [6, 6.07) is 2.91. The second-order valence-corrected chi connectivity index (χ2v) is 7.64. The summed E-state index contributed by atoms with van der Waals surface area (Å²) in [5.74, 6) is 0. The van der Waals surface area contributed by atoms with Gasteiger partial charge >= 0.3 is 0 Å². The molecule has 0 spiro atoms. The van der Waals surface area contributed by atoms with Gasteiger partial charge in [0.2, 0.25) is 0 Å². The van der Waals surface area contributed by atoms with E-state index >= 15 is 0 Å². The fraction of sp³-hybridized carbons (Fsp3) is 0.733. The molecule has 2 heterocycles. The molecule has 1 fully saturated rings. The van der Waals surface area contributed by atoms with Crippen LogP contribution in [0.25, 0.3) is 0 Å². The van der Waals surface area contributed by atoms with E-state index in [1.807, 2.05) is 11.3 Å². The third-order valence-electron chi connectivity index (χ3n) is 3.90. The molecular formula is C15H26N2S. The molecule has 0 bridgehead atoms. The fourth-order valence-corrected chi connectivity index (χ4v) is 3.96. The fourth-order valence-electron chi connectivity index (χ4n) is 2.94. The quantitative estimate of drug-likeness (QED) is 0.881. The summed E-state index contributed by atoms with van der Waals surface area (Å²) in [5, 5.41) is 3.64. The standard InChI is InChI=1S/C15H26N2S/c1-11-9-14(13(3)18-11)12(2)17-8-6-7-16-15(4,5)10-17/h9,12,16H,6-8,10H2,1-5H3. The van der Waals surface area contributed by atoms with Crippen LogP contribution in [0.15, 0.2) is 6.07 Å². The Kier molecular flexibility index (Phi) is 4.15. The Morgan fingerprint density at radius 3 is 2.72 bits per heavy atom. The molecule has 0 aliphatic carbocycles. The van der Waals surface area contributed by atoms with E-state index in [1.54, 1.807) is 0 Å². The first-order valence-electron chi connectivity index (χ1n) is 6.95. The molecule has 0 aromatic carbocycles. The Balaban J connectivity index is 2.17. The van der Waals surface area contributed by atoms with Crippen molar-refractivity contribution in [3.63, 3.8) is 0 Å². The van der Waals surface area contributed by atoms with Crippen LogP contribution >= 0.6 is 11.3 Å². The van der Waals surface area contributed by atoms with Gasteiger partial charge in [-0.05, 0) is 59.2 Å². The Morgan fingerprint density at radius 2 is 2.11 bits per heavy atom. The third kappa shape index (κ3) is 3.14. The zero-order chi connectivity index (χ0) is 13.3. The maximum absolute atomic E-state index is 3.64. The highest BCUT2D eigenvalue weighted by Gasteiger charge is 2.28. The van der Waals surface area contributed by atoms with Gasteiger partial charge in [-0.15, -0.1) is 11.3 Å². The van der Waals surface area contributed by atoms with Gasteiger partial charge in [0.05, 0.1) is 0 Å². The second kappa shape index (κ2) is 5.32. The van der Waals surface area contributed by atoms with E-state index in [4.69, 9.17) is 0 Å². The van der Waals surface area contributed by atoms with Crippen molar-refractivity contribution >= 4 is 11.3 Å². The molecule has 1 aromatic heterocycles. The van der Waals surface area contributed by atoms with E-state index in [0.29, 0.717) is 6.04 Å². The minimum atomic E-state index is 0.226. The Morgan fingerprint density at radius 1 is 1.39 bits per heavy atom. The summed E-state index contributed by atoms with van der Waals surface area (Å²) >= 11 is 1.92. The lowest BCUT2D eigenvalue weighted by Crippen LogP contribution is -2.46. The maximum atomic E-state index is 3.64. The van der Waals surface area contributed by atoms with Gasteiger partial charge in [0.25, 0.3) is 0 Å². The molecule has 1 aromatic rings. The summed E-state index contributed by atoms with van der Waals surface area (Å²) in [7, 11) is 0. The van der Waals surface area contributed by atoms with Crippen molar-refractivity contribution in [1.82, 2.24) is 10.2 Å². The zero-order valence-electron chi connectivity index (χ0n) is 12.3. The number of nitrogens with one attached hydrogen (secondary N) is 1. The predicted molar refractivity (Wildman–Crippen MR) is 80.5 cm³/mol. The first-order chi connectivity index (χ1) is 8.39. The van der Waals surface area contributed by atoms with Crippen LogP contribution in [0.2, 0.25) is 0 Å². The molecule has 0 radical (unpaired) electrons. The molecule has 1 unspecified atom stereocenters. The van der Waals surface area contributed by atoms with E-state index in [2.05, 4.69) is 50.9 Å². The van der Waals surface area contributed by atoms with Crippen LogP contribution in [-0.4, -0.2) is 30.1 Å². The van der Waals surface area contributed by atoms with E-state index in [9.17, 15) is 0 Å². The van der Waals surface area contributed by atoms with Crippen LogP contribution in [0.3, 0.4) is 0 Å². The second-order valence-electron chi connectivity index (χ2n) is 6.18. The van der Waals surface area contributed by atoms with Crippen LogP contribution in [0.1, 0.15) is 48.6 Å². The van der Waals surface area contributed by atoms with E-state index < -0.39 is 0 Å². The van der Waals surface area contributed by atoms with Crippen LogP contribution in [-0.2, 0) is 0 Å². The Bertz CT molecular complexity index is 409. The lowest BCUT2D eigenvalue weighted by molar-refractivity contribution is 0.180. The Labute approximate surface area is 115 Å². The van der Waals surface area contributed by atoms with Crippen molar-refractivity contribution in [2.75, 3.05) is 19.6 Å². The smallest absolute Gasteiger partial charge is 0.0331 e. The molecule has 1 saturated heterocycles. The van der Waals surface area contributed by atoms with Crippen LogP contribution < -0.4 is 5.32 Å². The van der Waals surface area contributed by atoms with Gasteiger partial charge in [-0.25, -0.2) is 0 Å². The van der Waals surface area contributed by atoms with Crippen molar-refractivity contribution in [3.05, 3.63) is 21.4 Å². The highest BCUT2D eigenvalue weighted by atomic mass is 32.1. The number of rotatable bonds is 2. The van der Waals surface area contributed by atoms with E-state index in [0.717, 1.165) is 13.1 Å². The molecule has 2 nitrogen and oxygen atoms in total. The minimum absolute atomic E-state index is 0.226. The van der Waals surface area contributed by atoms with Crippen molar-refractivity contribution in [2.45, 2.75) is 52.6 Å². The summed E-state index contributed by atoms with van der Waals surface area (Å²) in [6.07, 6.45) is 1.25. The van der Waals surface area contributed by atoms with Gasteiger partial charge in [-0.1, -0.05) is 0 Å². The summed E-state index contributed by atoms with van der Waals surface area (Å²) in [6.45, 7) is 14.9. The molecule has 18 heavy (non-hydrogen) atoms. The van der Waals surface area contributed by atoms with Crippen LogP contribution in [0, 0.1) is 13.8 Å². The van der Waals surface area contributed by atoms with E-state index in [-0.39, 0.29) is 5.54 Å². The Hall–Kier alpha value is -0.380. The lowest BCUT2D eigenvalue weighted by atomic mass is 10.0. The van der Waals surface area contributed by atoms with Gasteiger partial charge in [-0.3, -0.25) is 4.90 Å². The van der Waals surface area contributed by atoms with Crippen LogP contribution in [0.4, 0.5) is 0 Å². The average Bonchev–Trinajstić information content (AvgIpc) is 2.49. The van der Waals surface area contributed by atoms with Gasteiger partial charge in [0.15, 0.2) is 0 Å². The molecule has 3 heteroatoms. The molecule has 1 N–H and O–H groups in total. The third-order valence-corrected chi connectivity index (χ3v) is 4.88. The number of aryl methyl sites for hydroxylation is 2. The molecule has 1 aliphatic rings. The summed E-state index contributed by atoms with van der Waals surface area (Å²) in [5.41, 5.74) is 1.75. The molecular weight excluding hydrogens is 240 g/mol. The van der Waals surface area contributed by atoms with Crippen molar-refractivity contribution < 1.29 is 0 Å². The van der Waals surface area contributed by atoms with Gasteiger partial charge in [-0.2, -0.15) is 0 Å². The van der Waals surface area contributed by atoms with Crippen LogP contribution in [0.5, 0.6) is 0 Å². The predicted octanol–water partition coefficient (Wildman–Crippen LogP) is 3.50. The molecule has 1 aliphatic heterocycles. The monoisotopic (exact) mass is 266 g/mol. The van der Waals surface area contributed by atoms with Gasteiger partial charge in [0.1, 0.15) is 0 Å². The van der Waals surface area contributed by atoms with Crippen molar-refractivity contribution in [2.24, 2.45) is 0 Å². The molecule has 2 rings (SSSR count). The molecule has 0 saturated carbocycles. The highest BCUT2D eigenvalue weighted by Crippen LogP contribution is 2.31. The van der Waals surface area contributed by atoms with Gasteiger partial charge in [0, 0.05) is 34.4 Å². The maximum Gasteiger partial charge on any atom is 0.0331 e. The largest absolute Gasteiger partial charge is 0.310 e. The molecule has 0 amide bonds. The topological polar surface area (TPSA) is 15.3 Å². The summed E-state index contributed by atoms with van der Waals surface area (Å²) in [4.78, 5) is 5.55. The summed E-state index contributed by atoms with van der Waals surface area (Å²) < 4.78 is 0. The lowest BCUT2D eigenvalue weighted by Gasteiger charge is -2.34. The first-order valence-corrected chi connectivity index (χ1v) is 7.77. The van der Waals surface area contributed by atoms with Crippen molar-refractivity contribution in [1.29, 1.82) is 0 Å². The number of thiophene rings is 1. The minimum Gasteiger partial charge on any atom is -0.310 e. The molecule has 102 valence electrons. The van der Waals surface area contributed by atoms with Gasteiger partial charge < -0.3 is 5.32 Å². The first kappa shape index (κ1) is 14.0.